The van der Waals surface area contributed by atoms with E-state index in [0.29, 0.717) is 5.41 Å². The Morgan fingerprint density at radius 2 is 2.00 bits per heavy atom. The van der Waals surface area contributed by atoms with E-state index in [1.165, 1.54) is 25.7 Å². The Labute approximate surface area is 64.0 Å². The van der Waals surface area contributed by atoms with Gasteiger partial charge >= 0.3 is 0 Å². The van der Waals surface area contributed by atoms with Crippen molar-refractivity contribution in [3.63, 3.8) is 0 Å². The molecule has 0 aliphatic heterocycles. The molecule has 2 aliphatic rings. The fourth-order valence-corrected chi connectivity index (χ4v) is 2.57. The zero-order valence-electron chi connectivity index (χ0n) is 7.19. The van der Waals surface area contributed by atoms with E-state index in [1.807, 2.05) is 0 Å². The highest BCUT2D eigenvalue weighted by atomic mass is 14.5. The molecule has 2 fully saturated rings. The normalized spacial score (nSPS) is 43.8. The van der Waals surface area contributed by atoms with Crippen LogP contribution in [0.4, 0.5) is 0 Å². The van der Waals surface area contributed by atoms with Gasteiger partial charge in [0.05, 0.1) is 0 Å². The van der Waals surface area contributed by atoms with Crippen LogP contribution < -0.4 is 0 Å². The number of rotatable bonds is 0. The third kappa shape index (κ3) is 1.21. The average Bonchev–Trinajstić information content (AvgIpc) is 2.42. The van der Waals surface area contributed by atoms with E-state index in [-0.39, 0.29) is 0 Å². The van der Waals surface area contributed by atoms with Gasteiger partial charge in [-0.15, -0.1) is 0 Å². The average molecular weight is 138 g/mol. The van der Waals surface area contributed by atoms with Gasteiger partial charge in [0.25, 0.3) is 0 Å². The maximum atomic E-state index is 2.44. The second-order valence-corrected chi connectivity index (χ2v) is 5.02. The topological polar surface area (TPSA) is 0 Å². The lowest BCUT2D eigenvalue weighted by atomic mass is 9.84. The Kier molecular flexibility index (Phi) is 1.33. The maximum absolute atomic E-state index is 2.44. The molecule has 0 bridgehead atoms. The fraction of sp³-hybridized carbons (Fsp3) is 1.00. The van der Waals surface area contributed by atoms with E-state index in [1.54, 1.807) is 6.42 Å². The third-order valence-corrected chi connectivity index (χ3v) is 3.31. The summed E-state index contributed by atoms with van der Waals surface area (Å²) in [5, 5.41) is 0. The van der Waals surface area contributed by atoms with Crippen LogP contribution in [0, 0.1) is 17.3 Å². The molecule has 0 aromatic rings. The molecule has 2 unspecified atom stereocenters. The molecular weight excluding hydrogens is 120 g/mol. The van der Waals surface area contributed by atoms with Crippen molar-refractivity contribution in [2.45, 2.75) is 46.0 Å². The molecule has 0 N–H and O–H groups in total. The second-order valence-electron chi connectivity index (χ2n) is 5.02. The van der Waals surface area contributed by atoms with Crippen molar-refractivity contribution in [2.75, 3.05) is 0 Å². The van der Waals surface area contributed by atoms with Crippen LogP contribution in [-0.2, 0) is 0 Å². The van der Waals surface area contributed by atoms with Crippen molar-refractivity contribution in [3.05, 3.63) is 0 Å². The molecular formula is C10H18. The Hall–Kier alpha value is 0. The maximum Gasteiger partial charge on any atom is -0.0351 e. The number of fused-ring (bicyclic) bond motifs is 1. The first-order chi connectivity index (χ1) is 4.67. The smallest absolute Gasteiger partial charge is 0.0351 e. The quantitative estimate of drug-likeness (QED) is 0.482. The summed E-state index contributed by atoms with van der Waals surface area (Å²) in [6, 6.07) is 0. The van der Waals surface area contributed by atoms with Crippen LogP contribution in [0.3, 0.4) is 0 Å². The van der Waals surface area contributed by atoms with Crippen molar-refractivity contribution in [3.8, 4) is 0 Å². The predicted octanol–water partition coefficient (Wildman–Crippen LogP) is 3.22. The molecule has 58 valence electrons. The zero-order chi connectivity index (χ0) is 7.19. The van der Waals surface area contributed by atoms with Crippen LogP contribution >= 0.6 is 0 Å². The SMILES string of the molecule is CC1(C)CCCC2CC2C1. The number of hydrogen-bond acceptors (Lipinski definition) is 0. The second kappa shape index (κ2) is 1.99. The summed E-state index contributed by atoms with van der Waals surface area (Å²) in [4.78, 5) is 0. The van der Waals surface area contributed by atoms with E-state index < -0.39 is 0 Å². The van der Waals surface area contributed by atoms with Gasteiger partial charge in [-0.05, 0) is 36.5 Å². The molecule has 0 heteroatoms. The summed E-state index contributed by atoms with van der Waals surface area (Å²) in [7, 11) is 0. The van der Waals surface area contributed by atoms with Crippen LogP contribution in [0.15, 0.2) is 0 Å². The molecule has 2 rings (SSSR count). The minimum Gasteiger partial charge on any atom is -0.0599 e. The first kappa shape index (κ1) is 6.69. The highest BCUT2D eigenvalue weighted by Gasteiger charge is 2.42. The van der Waals surface area contributed by atoms with Gasteiger partial charge in [-0.1, -0.05) is 26.7 Å². The van der Waals surface area contributed by atoms with Gasteiger partial charge in [0.2, 0.25) is 0 Å². The van der Waals surface area contributed by atoms with E-state index in [0.717, 1.165) is 11.8 Å². The summed E-state index contributed by atoms with van der Waals surface area (Å²) < 4.78 is 0. The van der Waals surface area contributed by atoms with Crippen molar-refractivity contribution in [2.24, 2.45) is 17.3 Å². The van der Waals surface area contributed by atoms with Crippen LogP contribution in [0.5, 0.6) is 0 Å². The summed E-state index contributed by atoms with van der Waals surface area (Å²) in [6.07, 6.45) is 7.57. The number of hydrogen-bond donors (Lipinski definition) is 0. The molecule has 10 heavy (non-hydrogen) atoms. The summed E-state index contributed by atoms with van der Waals surface area (Å²) >= 11 is 0. The van der Waals surface area contributed by atoms with Gasteiger partial charge in [0.1, 0.15) is 0 Å². The van der Waals surface area contributed by atoms with Gasteiger partial charge in [0.15, 0.2) is 0 Å². The Morgan fingerprint density at radius 3 is 2.80 bits per heavy atom. The molecule has 0 nitrogen and oxygen atoms in total. The Balaban J connectivity index is 2.00. The molecule has 0 radical (unpaired) electrons. The van der Waals surface area contributed by atoms with E-state index >= 15 is 0 Å². The van der Waals surface area contributed by atoms with Crippen molar-refractivity contribution in [1.82, 2.24) is 0 Å². The first-order valence-electron chi connectivity index (χ1n) is 4.67. The third-order valence-electron chi connectivity index (χ3n) is 3.31. The monoisotopic (exact) mass is 138 g/mol. The van der Waals surface area contributed by atoms with Gasteiger partial charge in [0, 0.05) is 0 Å². The zero-order valence-corrected chi connectivity index (χ0v) is 7.19. The lowest BCUT2D eigenvalue weighted by molar-refractivity contribution is 0.296. The van der Waals surface area contributed by atoms with Crippen LogP contribution in [0.2, 0.25) is 0 Å². The standard InChI is InChI=1S/C10H18/c1-10(2)5-3-4-8-6-9(8)7-10/h8-9H,3-7H2,1-2H3. The molecule has 2 atom stereocenters. The van der Waals surface area contributed by atoms with Crippen molar-refractivity contribution < 1.29 is 0 Å². The van der Waals surface area contributed by atoms with Crippen molar-refractivity contribution in [1.29, 1.82) is 0 Å². The highest BCUT2D eigenvalue weighted by Crippen LogP contribution is 2.53. The van der Waals surface area contributed by atoms with Crippen LogP contribution in [-0.4, -0.2) is 0 Å². The molecule has 0 aromatic heterocycles. The largest absolute Gasteiger partial charge is 0.0599 e. The van der Waals surface area contributed by atoms with Crippen LogP contribution in [0.1, 0.15) is 46.0 Å². The summed E-state index contributed by atoms with van der Waals surface area (Å²) in [6.45, 7) is 4.88. The molecule has 0 saturated heterocycles. The van der Waals surface area contributed by atoms with Gasteiger partial charge in [-0.3, -0.25) is 0 Å². The lowest BCUT2D eigenvalue weighted by Gasteiger charge is -2.22. The van der Waals surface area contributed by atoms with Crippen molar-refractivity contribution >= 4 is 0 Å². The minimum absolute atomic E-state index is 0.677. The fourth-order valence-electron chi connectivity index (χ4n) is 2.57. The van der Waals surface area contributed by atoms with E-state index in [2.05, 4.69) is 13.8 Å². The first-order valence-corrected chi connectivity index (χ1v) is 4.67. The van der Waals surface area contributed by atoms with E-state index in [4.69, 9.17) is 0 Å². The van der Waals surface area contributed by atoms with Gasteiger partial charge in [-0.25, -0.2) is 0 Å². The molecule has 0 spiro atoms. The van der Waals surface area contributed by atoms with E-state index in [9.17, 15) is 0 Å². The highest BCUT2D eigenvalue weighted by molar-refractivity contribution is 4.92. The molecule has 0 amide bonds. The lowest BCUT2D eigenvalue weighted by Crippen LogP contribution is -2.10. The molecule has 2 aliphatic carbocycles. The summed E-state index contributed by atoms with van der Waals surface area (Å²) in [5.74, 6) is 2.29. The van der Waals surface area contributed by atoms with Crippen LogP contribution in [0.25, 0.3) is 0 Å². The van der Waals surface area contributed by atoms with Gasteiger partial charge < -0.3 is 0 Å². The minimum atomic E-state index is 0.677. The Bertz CT molecular complexity index is 135. The molecule has 2 saturated carbocycles. The van der Waals surface area contributed by atoms with Gasteiger partial charge in [-0.2, -0.15) is 0 Å². The Morgan fingerprint density at radius 1 is 1.20 bits per heavy atom. The molecule has 0 heterocycles. The molecule has 0 aromatic carbocycles. The predicted molar refractivity (Wildman–Crippen MR) is 43.8 cm³/mol. The summed E-state index contributed by atoms with van der Waals surface area (Å²) in [5.41, 5.74) is 0.677.